The van der Waals surface area contributed by atoms with Crippen molar-refractivity contribution in [2.45, 2.75) is 76.7 Å². The Balaban J connectivity index is 2.20. The predicted molar refractivity (Wildman–Crippen MR) is 71.0 cm³/mol. The van der Waals surface area contributed by atoms with E-state index in [0.717, 1.165) is 19.3 Å². The molecular formula is C14H26N2O2. The summed E-state index contributed by atoms with van der Waals surface area (Å²) in [5.41, 5.74) is 5.24. The van der Waals surface area contributed by atoms with Gasteiger partial charge in [0.15, 0.2) is 0 Å². The second kappa shape index (κ2) is 7.08. The Hall–Kier alpha value is -0.630. The van der Waals surface area contributed by atoms with Crippen LogP contribution in [0, 0.1) is 11.3 Å². The van der Waals surface area contributed by atoms with Crippen LogP contribution in [0.15, 0.2) is 0 Å². The summed E-state index contributed by atoms with van der Waals surface area (Å²) < 4.78 is 11.5. The van der Waals surface area contributed by atoms with Gasteiger partial charge in [-0.1, -0.05) is 6.92 Å². The quantitative estimate of drug-likeness (QED) is 0.739. The van der Waals surface area contributed by atoms with Crippen LogP contribution in [0.2, 0.25) is 0 Å². The normalized spacial score (nSPS) is 31.6. The smallest absolute Gasteiger partial charge is 0.104 e. The molecule has 0 spiro atoms. The van der Waals surface area contributed by atoms with Crippen LogP contribution in [0.1, 0.15) is 52.9 Å². The zero-order chi connectivity index (χ0) is 13.6. The van der Waals surface area contributed by atoms with E-state index < -0.39 is 5.54 Å². The fourth-order valence-electron chi connectivity index (χ4n) is 2.43. The highest BCUT2D eigenvalue weighted by Crippen LogP contribution is 2.22. The average molecular weight is 254 g/mol. The molecule has 0 bridgehead atoms. The summed E-state index contributed by atoms with van der Waals surface area (Å²) in [4.78, 5) is 0. The summed E-state index contributed by atoms with van der Waals surface area (Å²) in [5, 5.41) is 8.97. The summed E-state index contributed by atoms with van der Waals surface area (Å²) >= 11 is 0. The summed E-state index contributed by atoms with van der Waals surface area (Å²) in [6.07, 6.45) is 5.01. The first-order chi connectivity index (χ1) is 8.49. The molecule has 0 aliphatic carbocycles. The van der Waals surface area contributed by atoms with Gasteiger partial charge in [0.1, 0.15) is 5.54 Å². The molecule has 0 aromatic heterocycles. The molecule has 4 nitrogen and oxygen atoms in total. The van der Waals surface area contributed by atoms with Crippen LogP contribution in [0.25, 0.3) is 0 Å². The van der Waals surface area contributed by atoms with Gasteiger partial charge in [0.25, 0.3) is 0 Å². The fraction of sp³-hybridized carbons (Fsp3) is 0.929. The molecule has 4 heteroatoms. The molecule has 1 aliphatic rings. The van der Waals surface area contributed by atoms with Crippen molar-refractivity contribution >= 4 is 0 Å². The molecule has 1 aliphatic heterocycles. The van der Waals surface area contributed by atoms with E-state index in [-0.39, 0.29) is 12.2 Å². The van der Waals surface area contributed by atoms with Gasteiger partial charge in [-0.15, -0.1) is 0 Å². The first-order valence-electron chi connectivity index (χ1n) is 6.96. The molecule has 0 radical (unpaired) electrons. The van der Waals surface area contributed by atoms with Crippen LogP contribution in [-0.2, 0) is 9.47 Å². The minimum atomic E-state index is -0.681. The van der Waals surface area contributed by atoms with Crippen molar-refractivity contribution in [3.63, 3.8) is 0 Å². The monoisotopic (exact) mass is 254 g/mol. The first kappa shape index (κ1) is 15.4. The summed E-state index contributed by atoms with van der Waals surface area (Å²) in [5.74, 6) is 0. The highest BCUT2D eigenvalue weighted by Gasteiger charge is 2.25. The third-order valence-electron chi connectivity index (χ3n) is 3.63. The largest absolute Gasteiger partial charge is 0.378 e. The summed E-state index contributed by atoms with van der Waals surface area (Å²) in [6.45, 7) is 6.81. The summed E-state index contributed by atoms with van der Waals surface area (Å²) in [7, 11) is 0. The van der Waals surface area contributed by atoms with Crippen molar-refractivity contribution in [2.75, 3.05) is 6.61 Å². The number of nitrogens with zero attached hydrogens (tertiary/aromatic N) is 1. The maximum absolute atomic E-state index is 8.97. The molecule has 0 aromatic carbocycles. The van der Waals surface area contributed by atoms with Gasteiger partial charge < -0.3 is 15.2 Å². The van der Waals surface area contributed by atoms with E-state index in [1.807, 2.05) is 6.92 Å². The fourth-order valence-corrected chi connectivity index (χ4v) is 2.43. The first-order valence-corrected chi connectivity index (χ1v) is 6.96. The van der Waals surface area contributed by atoms with Crippen LogP contribution in [0.3, 0.4) is 0 Å². The second-order valence-corrected chi connectivity index (χ2v) is 5.45. The summed E-state index contributed by atoms with van der Waals surface area (Å²) in [6, 6.07) is 2.18. The van der Waals surface area contributed by atoms with Crippen molar-refractivity contribution in [3.05, 3.63) is 0 Å². The van der Waals surface area contributed by atoms with Gasteiger partial charge >= 0.3 is 0 Å². The molecule has 104 valence electrons. The van der Waals surface area contributed by atoms with Crippen molar-refractivity contribution in [2.24, 2.45) is 5.73 Å². The van der Waals surface area contributed by atoms with E-state index in [4.69, 9.17) is 20.5 Å². The van der Waals surface area contributed by atoms with Gasteiger partial charge in [-0.25, -0.2) is 0 Å². The van der Waals surface area contributed by atoms with Crippen LogP contribution in [0.4, 0.5) is 0 Å². The van der Waals surface area contributed by atoms with Crippen LogP contribution in [0.5, 0.6) is 0 Å². The second-order valence-electron chi connectivity index (χ2n) is 5.45. The zero-order valence-electron chi connectivity index (χ0n) is 11.8. The number of nitriles is 1. The minimum Gasteiger partial charge on any atom is -0.378 e. The van der Waals surface area contributed by atoms with Crippen LogP contribution >= 0.6 is 0 Å². The van der Waals surface area contributed by atoms with E-state index in [9.17, 15) is 0 Å². The molecule has 1 fully saturated rings. The van der Waals surface area contributed by atoms with Gasteiger partial charge in [-0.2, -0.15) is 5.26 Å². The SMILES string of the molecule is CCC(N)(C#N)CCCOC1CC(C)OC(C)C1. The Labute approximate surface area is 110 Å². The van der Waals surface area contributed by atoms with E-state index in [1.165, 1.54) is 0 Å². The maximum Gasteiger partial charge on any atom is 0.104 e. The molecule has 1 rings (SSSR count). The Bertz CT molecular complexity index is 280. The Kier molecular flexibility index (Phi) is 6.07. The molecule has 3 unspecified atom stereocenters. The van der Waals surface area contributed by atoms with Gasteiger partial charge in [0, 0.05) is 6.61 Å². The average Bonchev–Trinajstić information content (AvgIpc) is 2.33. The zero-order valence-corrected chi connectivity index (χ0v) is 11.8. The lowest BCUT2D eigenvalue weighted by Gasteiger charge is -2.32. The minimum absolute atomic E-state index is 0.280. The van der Waals surface area contributed by atoms with Crippen LogP contribution in [-0.4, -0.2) is 30.5 Å². The predicted octanol–water partition coefficient (Wildman–Crippen LogP) is 2.37. The molecule has 0 saturated carbocycles. The van der Waals surface area contributed by atoms with Gasteiger partial charge in [-0.05, 0) is 46.0 Å². The molecular weight excluding hydrogens is 228 g/mol. The Morgan fingerprint density at radius 3 is 2.50 bits per heavy atom. The van der Waals surface area contributed by atoms with Gasteiger partial charge in [0.2, 0.25) is 0 Å². The molecule has 0 aromatic rings. The highest BCUT2D eigenvalue weighted by atomic mass is 16.5. The molecule has 1 saturated heterocycles. The van der Waals surface area contributed by atoms with Crippen LogP contribution < -0.4 is 5.73 Å². The highest BCUT2D eigenvalue weighted by molar-refractivity contribution is 5.03. The molecule has 3 atom stereocenters. The van der Waals surface area contributed by atoms with E-state index in [2.05, 4.69) is 19.9 Å². The molecule has 1 heterocycles. The Morgan fingerprint density at radius 2 is 2.00 bits per heavy atom. The van der Waals surface area contributed by atoms with Gasteiger partial charge in [0.05, 0.1) is 24.4 Å². The third-order valence-corrected chi connectivity index (χ3v) is 3.63. The molecule has 18 heavy (non-hydrogen) atoms. The topological polar surface area (TPSA) is 68.3 Å². The lowest BCUT2D eigenvalue weighted by Crippen LogP contribution is -2.38. The van der Waals surface area contributed by atoms with Crippen molar-refractivity contribution < 1.29 is 9.47 Å². The third kappa shape index (κ3) is 4.93. The molecule has 0 amide bonds. The van der Waals surface area contributed by atoms with Crippen molar-refractivity contribution in [3.8, 4) is 6.07 Å². The maximum atomic E-state index is 8.97. The number of rotatable bonds is 6. The van der Waals surface area contributed by atoms with Crippen molar-refractivity contribution in [1.82, 2.24) is 0 Å². The number of hydrogen-bond acceptors (Lipinski definition) is 4. The lowest BCUT2D eigenvalue weighted by molar-refractivity contribution is -0.102. The number of ether oxygens (including phenoxy) is 2. The van der Waals surface area contributed by atoms with E-state index in [0.29, 0.717) is 25.6 Å². The van der Waals surface area contributed by atoms with E-state index >= 15 is 0 Å². The lowest BCUT2D eigenvalue weighted by atomic mass is 9.94. The standard InChI is InChI=1S/C14H26N2O2/c1-4-14(16,10-15)6-5-7-17-13-8-11(2)18-12(3)9-13/h11-13H,4-9,16H2,1-3H3. The Morgan fingerprint density at radius 1 is 1.39 bits per heavy atom. The molecule has 2 N–H and O–H groups in total. The van der Waals surface area contributed by atoms with Crippen molar-refractivity contribution in [1.29, 1.82) is 5.26 Å². The van der Waals surface area contributed by atoms with Gasteiger partial charge in [-0.3, -0.25) is 0 Å². The van der Waals surface area contributed by atoms with E-state index in [1.54, 1.807) is 0 Å². The number of hydrogen-bond donors (Lipinski definition) is 1. The number of nitrogens with two attached hydrogens (primary N) is 1.